The lowest BCUT2D eigenvalue weighted by Crippen LogP contribution is -2.46. The van der Waals surface area contributed by atoms with E-state index in [9.17, 15) is 9.90 Å². The molecule has 17 heavy (non-hydrogen) atoms. The summed E-state index contributed by atoms with van der Waals surface area (Å²) in [7, 11) is 0. The van der Waals surface area contributed by atoms with Crippen molar-refractivity contribution in [2.24, 2.45) is 5.92 Å². The number of aliphatic carboxylic acids is 1. The summed E-state index contributed by atoms with van der Waals surface area (Å²) in [4.78, 5) is 11.2. The van der Waals surface area contributed by atoms with Crippen LogP contribution in [0.2, 0.25) is 0 Å². The average molecular weight is 241 g/mol. The van der Waals surface area contributed by atoms with Crippen LogP contribution in [0.1, 0.15) is 65.2 Å². The van der Waals surface area contributed by atoms with Gasteiger partial charge in [0.05, 0.1) is 0 Å². The van der Waals surface area contributed by atoms with Crippen molar-refractivity contribution in [2.75, 3.05) is 0 Å². The predicted octanol–water partition coefficient (Wildman–Crippen LogP) is 3.19. The first-order valence-corrected chi connectivity index (χ1v) is 7.17. The Morgan fingerprint density at radius 1 is 1.29 bits per heavy atom. The number of hydrogen-bond donors (Lipinski definition) is 2. The molecule has 1 aliphatic carbocycles. The van der Waals surface area contributed by atoms with Crippen LogP contribution in [-0.2, 0) is 4.79 Å². The molecule has 2 unspecified atom stereocenters. The maximum atomic E-state index is 11.2. The Labute approximate surface area is 105 Å². The summed E-state index contributed by atoms with van der Waals surface area (Å²) in [6, 6.07) is 0.0369. The fraction of sp³-hybridized carbons (Fsp3) is 0.929. The van der Waals surface area contributed by atoms with E-state index in [2.05, 4.69) is 12.2 Å². The lowest BCUT2D eigenvalue weighted by atomic mass is 9.82. The van der Waals surface area contributed by atoms with Gasteiger partial charge in [-0.2, -0.15) is 0 Å². The van der Waals surface area contributed by atoms with E-state index in [0.717, 1.165) is 19.3 Å². The molecule has 0 radical (unpaired) electrons. The molecule has 0 aromatic rings. The van der Waals surface area contributed by atoms with Crippen molar-refractivity contribution >= 4 is 5.97 Å². The fourth-order valence-electron chi connectivity index (χ4n) is 2.95. The standard InChI is InChI=1S/C14H27NO2/c1-3-8-13(14(16)17)15-12(4-2)11-9-6-5-7-10-11/h11-13,15H,3-10H2,1-2H3,(H,16,17). The third-order valence-electron chi connectivity index (χ3n) is 3.95. The van der Waals surface area contributed by atoms with Crippen LogP contribution in [0, 0.1) is 5.92 Å². The number of carbonyl (C=O) groups is 1. The summed E-state index contributed by atoms with van der Waals surface area (Å²) in [6.07, 6.45) is 9.21. The van der Waals surface area contributed by atoms with Crippen molar-refractivity contribution in [1.82, 2.24) is 5.32 Å². The Morgan fingerprint density at radius 3 is 2.41 bits per heavy atom. The monoisotopic (exact) mass is 241 g/mol. The number of hydrogen-bond acceptors (Lipinski definition) is 2. The summed E-state index contributed by atoms with van der Waals surface area (Å²) in [6.45, 7) is 4.20. The average Bonchev–Trinajstić information content (AvgIpc) is 2.35. The molecule has 1 fully saturated rings. The number of rotatable bonds is 7. The predicted molar refractivity (Wildman–Crippen MR) is 70.1 cm³/mol. The van der Waals surface area contributed by atoms with Gasteiger partial charge in [0.25, 0.3) is 0 Å². The Morgan fingerprint density at radius 2 is 1.94 bits per heavy atom. The molecule has 3 nitrogen and oxygen atoms in total. The quantitative estimate of drug-likeness (QED) is 0.719. The zero-order valence-electron chi connectivity index (χ0n) is 11.2. The second kappa shape index (κ2) is 7.70. The second-order valence-electron chi connectivity index (χ2n) is 5.26. The Bertz CT molecular complexity index is 224. The summed E-state index contributed by atoms with van der Waals surface area (Å²) in [5.74, 6) is -0.00596. The van der Waals surface area contributed by atoms with Gasteiger partial charge < -0.3 is 10.4 Å². The normalized spacial score (nSPS) is 21.1. The van der Waals surface area contributed by atoms with E-state index in [0.29, 0.717) is 12.0 Å². The first-order valence-electron chi connectivity index (χ1n) is 7.17. The third kappa shape index (κ3) is 4.66. The molecule has 0 saturated heterocycles. The van der Waals surface area contributed by atoms with Gasteiger partial charge in [-0.1, -0.05) is 39.5 Å². The number of carboxylic acid groups (broad SMARTS) is 1. The minimum atomic E-state index is -0.693. The largest absolute Gasteiger partial charge is 0.480 e. The Balaban J connectivity index is 2.50. The molecular weight excluding hydrogens is 214 g/mol. The van der Waals surface area contributed by atoms with Crippen LogP contribution >= 0.6 is 0 Å². The molecule has 0 bridgehead atoms. The first-order chi connectivity index (χ1) is 8.19. The third-order valence-corrected chi connectivity index (χ3v) is 3.95. The smallest absolute Gasteiger partial charge is 0.320 e. The van der Waals surface area contributed by atoms with Gasteiger partial charge in [0.1, 0.15) is 6.04 Å². The Hall–Kier alpha value is -0.570. The van der Waals surface area contributed by atoms with E-state index in [1.165, 1.54) is 32.1 Å². The summed E-state index contributed by atoms with van der Waals surface area (Å²) in [5.41, 5.74) is 0. The summed E-state index contributed by atoms with van der Waals surface area (Å²) >= 11 is 0. The van der Waals surface area contributed by atoms with Crippen LogP contribution in [0.25, 0.3) is 0 Å². The van der Waals surface area contributed by atoms with E-state index in [1.54, 1.807) is 0 Å². The molecule has 0 aromatic carbocycles. The van der Waals surface area contributed by atoms with Crippen LogP contribution < -0.4 is 5.32 Å². The van der Waals surface area contributed by atoms with E-state index in [-0.39, 0.29) is 6.04 Å². The molecule has 0 spiro atoms. The van der Waals surface area contributed by atoms with Gasteiger partial charge in [-0.15, -0.1) is 0 Å². The highest BCUT2D eigenvalue weighted by Crippen LogP contribution is 2.28. The summed E-state index contributed by atoms with van der Waals surface area (Å²) in [5, 5.41) is 12.6. The molecule has 0 heterocycles. The van der Waals surface area contributed by atoms with Crippen molar-refractivity contribution in [2.45, 2.75) is 77.3 Å². The molecule has 0 aliphatic heterocycles. The van der Waals surface area contributed by atoms with Crippen LogP contribution in [0.3, 0.4) is 0 Å². The molecule has 0 aromatic heterocycles. The fourth-order valence-corrected chi connectivity index (χ4v) is 2.95. The van der Waals surface area contributed by atoms with E-state index >= 15 is 0 Å². The highest BCUT2D eigenvalue weighted by atomic mass is 16.4. The molecule has 1 saturated carbocycles. The first kappa shape index (κ1) is 14.5. The van der Waals surface area contributed by atoms with Gasteiger partial charge in [0.15, 0.2) is 0 Å². The molecule has 3 heteroatoms. The van der Waals surface area contributed by atoms with Gasteiger partial charge in [0, 0.05) is 6.04 Å². The summed E-state index contributed by atoms with van der Waals surface area (Å²) < 4.78 is 0. The van der Waals surface area contributed by atoms with Crippen molar-refractivity contribution in [3.8, 4) is 0 Å². The highest BCUT2D eigenvalue weighted by Gasteiger charge is 2.26. The maximum Gasteiger partial charge on any atom is 0.320 e. The number of nitrogens with one attached hydrogen (secondary N) is 1. The molecule has 2 N–H and O–H groups in total. The molecule has 1 aliphatic rings. The van der Waals surface area contributed by atoms with E-state index < -0.39 is 5.97 Å². The van der Waals surface area contributed by atoms with Crippen LogP contribution in [-0.4, -0.2) is 23.2 Å². The van der Waals surface area contributed by atoms with Crippen LogP contribution in [0.4, 0.5) is 0 Å². The van der Waals surface area contributed by atoms with E-state index in [4.69, 9.17) is 0 Å². The molecule has 100 valence electrons. The minimum absolute atomic E-state index is 0.355. The van der Waals surface area contributed by atoms with Gasteiger partial charge in [0.2, 0.25) is 0 Å². The van der Waals surface area contributed by atoms with Gasteiger partial charge in [-0.3, -0.25) is 4.79 Å². The Kier molecular flexibility index (Phi) is 6.56. The van der Waals surface area contributed by atoms with Crippen molar-refractivity contribution in [3.05, 3.63) is 0 Å². The van der Waals surface area contributed by atoms with Gasteiger partial charge >= 0.3 is 5.97 Å². The molecule has 1 rings (SSSR count). The van der Waals surface area contributed by atoms with E-state index in [1.807, 2.05) is 6.92 Å². The minimum Gasteiger partial charge on any atom is -0.480 e. The number of carboxylic acids is 1. The van der Waals surface area contributed by atoms with Crippen LogP contribution in [0.15, 0.2) is 0 Å². The van der Waals surface area contributed by atoms with Gasteiger partial charge in [-0.25, -0.2) is 0 Å². The second-order valence-corrected chi connectivity index (χ2v) is 5.26. The SMILES string of the molecule is CCCC(NC(CC)C1CCCCC1)C(=O)O. The van der Waals surface area contributed by atoms with Crippen molar-refractivity contribution in [1.29, 1.82) is 0 Å². The topological polar surface area (TPSA) is 49.3 Å². The van der Waals surface area contributed by atoms with Crippen LogP contribution in [0.5, 0.6) is 0 Å². The molecule has 2 atom stereocenters. The molecular formula is C14H27NO2. The van der Waals surface area contributed by atoms with Crippen molar-refractivity contribution < 1.29 is 9.90 Å². The maximum absolute atomic E-state index is 11.2. The zero-order valence-corrected chi connectivity index (χ0v) is 11.2. The zero-order chi connectivity index (χ0) is 12.7. The van der Waals surface area contributed by atoms with Crippen molar-refractivity contribution in [3.63, 3.8) is 0 Å². The lowest BCUT2D eigenvalue weighted by Gasteiger charge is -2.32. The molecule has 0 amide bonds. The lowest BCUT2D eigenvalue weighted by molar-refractivity contribution is -0.140. The van der Waals surface area contributed by atoms with Gasteiger partial charge in [-0.05, 0) is 31.6 Å². The highest BCUT2D eigenvalue weighted by molar-refractivity contribution is 5.73.